The summed E-state index contributed by atoms with van der Waals surface area (Å²) in [5.41, 5.74) is 3.34. The normalized spacial score (nSPS) is 11.1. The Morgan fingerprint density at radius 2 is 1.76 bits per heavy atom. The van der Waals surface area contributed by atoms with E-state index >= 15 is 0 Å². The Morgan fingerprint density at radius 1 is 1.00 bits per heavy atom. The summed E-state index contributed by atoms with van der Waals surface area (Å²) in [6.45, 7) is 6.80. The fourth-order valence-corrected chi connectivity index (χ4v) is 3.40. The molecule has 0 aliphatic carbocycles. The highest BCUT2D eigenvalue weighted by atomic mass is 16.5. The van der Waals surface area contributed by atoms with Crippen LogP contribution in [0.4, 0.5) is 0 Å². The van der Waals surface area contributed by atoms with Crippen molar-refractivity contribution in [2.75, 3.05) is 13.7 Å². The van der Waals surface area contributed by atoms with Crippen LogP contribution in [0.5, 0.6) is 11.5 Å². The van der Waals surface area contributed by atoms with Crippen molar-refractivity contribution in [3.8, 4) is 34.1 Å². The molecule has 4 rings (SSSR count). The molecule has 0 aliphatic heterocycles. The monoisotopic (exact) mass is 446 g/mol. The summed E-state index contributed by atoms with van der Waals surface area (Å²) in [5, 5.41) is 8.54. The third-order valence-electron chi connectivity index (χ3n) is 5.21. The fraction of sp³-hybridized carbons (Fsp3) is 0.280. The minimum absolute atomic E-state index is 0.0674. The largest absolute Gasteiger partial charge is 0.493 e. The van der Waals surface area contributed by atoms with Crippen molar-refractivity contribution in [1.29, 1.82) is 0 Å². The minimum Gasteiger partial charge on any atom is -0.493 e. The molecule has 170 valence electrons. The Bertz CT molecular complexity index is 1290. The van der Waals surface area contributed by atoms with Crippen LogP contribution in [-0.2, 0) is 6.54 Å². The smallest absolute Gasteiger partial charge is 0.267 e. The van der Waals surface area contributed by atoms with E-state index in [1.54, 1.807) is 25.3 Å². The second-order valence-electron chi connectivity index (χ2n) is 7.80. The quantitative estimate of drug-likeness (QED) is 0.392. The van der Waals surface area contributed by atoms with E-state index < -0.39 is 0 Å². The lowest BCUT2D eigenvalue weighted by Gasteiger charge is -2.09. The molecule has 0 amide bonds. The van der Waals surface area contributed by atoms with E-state index in [2.05, 4.69) is 41.2 Å². The maximum atomic E-state index is 12.4. The van der Waals surface area contributed by atoms with E-state index in [1.165, 1.54) is 16.3 Å². The Morgan fingerprint density at radius 3 is 2.45 bits per heavy atom. The van der Waals surface area contributed by atoms with Gasteiger partial charge in [-0.05, 0) is 42.7 Å². The molecule has 0 spiro atoms. The molecule has 2 aromatic heterocycles. The van der Waals surface area contributed by atoms with Gasteiger partial charge in [-0.15, -0.1) is 0 Å². The van der Waals surface area contributed by atoms with Crippen molar-refractivity contribution in [3.05, 3.63) is 76.4 Å². The van der Waals surface area contributed by atoms with Gasteiger partial charge < -0.3 is 14.0 Å². The summed E-state index contributed by atoms with van der Waals surface area (Å²) >= 11 is 0. The Kier molecular flexibility index (Phi) is 6.53. The van der Waals surface area contributed by atoms with E-state index in [9.17, 15) is 4.79 Å². The van der Waals surface area contributed by atoms with Gasteiger partial charge in [0, 0.05) is 17.2 Å². The zero-order valence-corrected chi connectivity index (χ0v) is 19.1. The molecule has 0 saturated carbocycles. The standard InChI is InChI=1S/C25H26N4O4/c1-5-32-21-12-10-19(14-22(21)31-4)25-26-23(33-28-25)15-29-24(30)13-11-20(27-29)18-8-6-17(7-9-18)16(2)3/h6-14,16H,5,15H2,1-4H3. The molecule has 8 nitrogen and oxygen atoms in total. The first-order chi connectivity index (χ1) is 16.0. The van der Waals surface area contributed by atoms with E-state index in [-0.39, 0.29) is 18.0 Å². The summed E-state index contributed by atoms with van der Waals surface area (Å²) in [7, 11) is 1.57. The van der Waals surface area contributed by atoms with Crippen LogP contribution < -0.4 is 15.0 Å². The van der Waals surface area contributed by atoms with Gasteiger partial charge in [-0.25, -0.2) is 4.68 Å². The van der Waals surface area contributed by atoms with Crippen molar-refractivity contribution >= 4 is 0 Å². The zero-order valence-electron chi connectivity index (χ0n) is 19.1. The maximum Gasteiger partial charge on any atom is 0.267 e. The van der Waals surface area contributed by atoms with Crippen molar-refractivity contribution in [2.45, 2.75) is 33.2 Å². The molecule has 8 heteroatoms. The number of nitrogens with zero attached hydrogens (tertiary/aromatic N) is 4. The SMILES string of the molecule is CCOc1ccc(-c2noc(Cn3nc(-c4ccc(C(C)C)cc4)ccc3=O)n2)cc1OC. The van der Waals surface area contributed by atoms with Crippen LogP contribution in [0.2, 0.25) is 0 Å². The number of rotatable bonds is 8. The van der Waals surface area contributed by atoms with Gasteiger partial charge in [0.1, 0.15) is 6.54 Å². The zero-order chi connectivity index (χ0) is 23.4. The molecule has 0 N–H and O–H groups in total. The molecule has 0 radical (unpaired) electrons. The van der Waals surface area contributed by atoms with E-state index in [0.29, 0.717) is 41.1 Å². The molecule has 0 saturated heterocycles. The first-order valence-corrected chi connectivity index (χ1v) is 10.8. The highest BCUT2D eigenvalue weighted by Crippen LogP contribution is 2.31. The molecule has 0 bridgehead atoms. The first-order valence-electron chi connectivity index (χ1n) is 10.8. The van der Waals surface area contributed by atoms with Gasteiger partial charge in [0.2, 0.25) is 11.7 Å². The predicted octanol–water partition coefficient (Wildman–Crippen LogP) is 4.54. The highest BCUT2D eigenvalue weighted by Gasteiger charge is 2.14. The van der Waals surface area contributed by atoms with Gasteiger partial charge in [0.25, 0.3) is 5.56 Å². The average Bonchev–Trinajstić information content (AvgIpc) is 3.29. The van der Waals surface area contributed by atoms with Crippen molar-refractivity contribution in [2.24, 2.45) is 0 Å². The number of ether oxygens (including phenoxy) is 2. The number of hydrogen-bond acceptors (Lipinski definition) is 7. The molecule has 2 heterocycles. The second kappa shape index (κ2) is 9.68. The van der Waals surface area contributed by atoms with Crippen LogP contribution in [0, 0.1) is 0 Å². The third kappa shape index (κ3) is 4.95. The van der Waals surface area contributed by atoms with Gasteiger partial charge >= 0.3 is 0 Å². The van der Waals surface area contributed by atoms with Gasteiger partial charge in [-0.2, -0.15) is 10.1 Å². The van der Waals surface area contributed by atoms with Gasteiger partial charge in [-0.3, -0.25) is 4.79 Å². The Hall–Kier alpha value is -3.94. The highest BCUT2D eigenvalue weighted by molar-refractivity contribution is 5.61. The van der Waals surface area contributed by atoms with Crippen LogP contribution >= 0.6 is 0 Å². The second-order valence-corrected chi connectivity index (χ2v) is 7.80. The van der Waals surface area contributed by atoms with Crippen LogP contribution in [0.3, 0.4) is 0 Å². The summed E-state index contributed by atoms with van der Waals surface area (Å²) in [6.07, 6.45) is 0. The third-order valence-corrected chi connectivity index (χ3v) is 5.21. The fourth-order valence-electron chi connectivity index (χ4n) is 3.40. The Labute approximate surface area is 191 Å². The number of hydrogen-bond donors (Lipinski definition) is 0. The maximum absolute atomic E-state index is 12.4. The molecular formula is C25H26N4O4. The molecule has 0 fully saturated rings. The molecule has 2 aromatic carbocycles. The molecule has 0 unspecified atom stereocenters. The molecular weight excluding hydrogens is 420 g/mol. The lowest BCUT2D eigenvalue weighted by molar-refractivity contribution is 0.311. The molecule has 33 heavy (non-hydrogen) atoms. The van der Waals surface area contributed by atoms with Gasteiger partial charge in [0.15, 0.2) is 11.5 Å². The van der Waals surface area contributed by atoms with E-state index in [4.69, 9.17) is 14.0 Å². The van der Waals surface area contributed by atoms with Gasteiger partial charge in [-0.1, -0.05) is 43.3 Å². The molecule has 4 aromatic rings. The lowest BCUT2D eigenvalue weighted by Crippen LogP contribution is -2.23. The van der Waals surface area contributed by atoms with Crippen LogP contribution in [0.15, 0.2) is 63.9 Å². The summed E-state index contributed by atoms with van der Waals surface area (Å²) in [5.74, 6) is 2.33. The topological polar surface area (TPSA) is 92.3 Å². The summed E-state index contributed by atoms with van der Waals surface area (Å²) < 4.78 is 17.6. The van der Waals surface area contributed by atoms with Crippen molar-refractivity contribution in [3.63, 3.8) is 0 Å². The van der Waals surface area contributed by atoms with Crippen LogP contribution in [-0.4, -0.2) is 33.6 Å². The predicted molar refractivity (Wildman–Crippen MR) is 125 cm³/mol. The average molecular weight is 447 g/mol. The minimum atomic E-state index is -0.250. The van der Waals surface area contributed by atoms with E-state index in [0.717, 1.165) is 5.56 Å². The number of benzene rings is 2. The van der Waals surface area contributed by atoms with E-state index in [1.807, 2.05) is 25.1 Å². The Balaban J connectivity index is 1.57. The first kappa shape index (κ1) is 22.3. The molecule has 0 aliphatic rings. The molecule has 0 atom stereocenters. The lowest BCUT2D eigenvalue weighted by atomic mass is 10.0. The van der Waals surface area contributed by atoms with Crippen LogP contribution in [0.25, 0.3) is 22.6 Å². The van der Waals surface area contributed by atoms with Crippen LogP contribution in [0.1, 0.15) is 38.1 Å². The van der Waals surface area contributed by atoms with Gasteiger partial charge in [0.05, 0.1) is 19.4 Å². The van der Waals surface area contributed by atoms with Crippen molar-refractivity contribution < 1.29 is 14.0 Å². The summed E-state index contributed by atoms with van der Waals surface area (Å²) in [6, 6.07) is 16.8. The number of methoxy groups -OCH3 is 1. The number of aromatic nitrogens is 4. The van der Waals surface area contributed by atoms with Crippen molar-refractivity contribution in [1.82, 2.24) is 19.9 Å². The summed E-state index contributed by atoms with van der Waals surface area (Å²) in [4.78, 5) is 16.8.